The Morgan fingerprint density at radius 1 is 1.00 bits per heavy atom. The molecule has 0 fully saturated rings. The van der Waals surface area contributed by atoms with Crippen molar-refractivity contribution in [3.05, 3.63) is 35.9 Å². The Morgan fingerprint density at radius 2 is 1.69 bits per heavy atom. The number of hydrazine groups is 1. The van der Waals surface area contributed by atoms with E-state index in [2.05, 4.69) is 42.0 Å². The summed E-state index contributed by atoms with van der Waals surface area (Å²) in [7, 11) is 0. The van der Waals surface area contributed by atoms with E-state index in [0.29, 0.717) is 0 Å². The van der Waals surface area contributed by atoms with Crippen LogP contribution >= 0.6 is 0 Å². The number of nitrogens with one attached hydrogen (secondary N) is 2. The normalized spacial score (nSPS) is 10.2. The van der Waals surface area contributed by atoms with Crippen molar-refractivity contribution in [2.45, 2.75) is 19.8 Å². The molecule has 1 aromatic rings. The number of rotatable bonds is 6. The first-order chi connectivity index (χ1) is 6.43. The van der Waals surface area contributed by atoms with Crippen molar-refractivity contribution in [1.29, 1.82) is 0 Å². The lowest BCUT2D eigenvalue weighted by Gasteiger charge is -2.05. The van der Waals surface area contributed by atoms with Gasteiger partial charge in [-0.05, 0) is 18.4 Å². The molecule has 0 aliphatic rings. The summed E-state index contributed by atoms with van der Waals surface area (Å²) in [6.45, 7) is 4.19. The molecule has 0 spiro atoms. The molecule has 13 heavy (non-hydrogen) atoms. The van der Waals surface area contributed by atoms with E-state index in [1.807, 2.05) is 6.07 Å². The third kappa shape index (κ3) is 4.65. The van der Waals surface area contributed by atoms with Crippen LogP contribution in [0.5, 0.6) is 0 Å². The Morgan fingerprint density at radius 3 is 2.38 bits per heavy atom. The molecule has 0 radical (unpaired) electrons. The third-order valence-corrected chi connectivity index (χ3v) is 1.88. The maximum absolute atomic E-state index is 3.18. The first-order valence-electron chi connectivity index (χ1n) is 4.93. The molecule has 0 bridgehead atoms. The molecule has 0 aromatic heterocycles. The van der Waals surface area contributed by atoms with Gasteiger partial charge in [-0.3, -0.25) is 10.9 Å². The largest absolute Gasteiger partial charge is 0.258 e. The highest BCUT2D eigenvalue weighted by molar-refractivity contribution is 5.14. The van der Waals surface area contributed by atoms with Gasteiger partial charge in [0.2, 0.25) is 0 Å². The minimum absolute atomic E-state index is 0.990. The summed E-state index contributed by atoms with van der Waals surface area (Å²) in [6.07, 6.45) is 2.25. The second-order valence-electron chi connectivity index (χ2n) is 3.09. The van der Waals surface area contributed by atoms with Gasteiger partial charge >= 0.3 is 0 Å². The predicted octanol–water partition coefficient (Wildman–Crippen LogP) is 1.73. The molecule has 0 saturated carbocycles. The zero-order valence-corrected chi connectivity index (χ0v) is 8.22. The summed E-state index contributed by atoms with van der Waals surface area (Å²) < 4.78 is 0. The van der Waals surface area contributed by atoms with E-state index in [1.54, 1.807) is 0 Å². The first-order valence-corrected chi connectivity index (χ1v) is 4.93. The minimum Gasteiger partial charge on any atom is -0.258 e. The third-order valence-electron chi connectivity index (χ3n) is 1.88. The topological polar surface area (TPSA) is 24.1 Å². The zero-order chi connectivity index (χ0) is 9.36. The van der Waals surface area contributed by atoms with E-state index < -0.39 is 0 Å². The van der Waals surface area contributed by atoms with Crippen molar-refractivity contribution in [2.24, 2.45) is 0 Å². The van der Waals surface area contributed by atoms with Crippen molar-refractivity contribution < 1.29 is 0 Å². The number of hydrogen-bond donors (Lipinski definition) is 2. The predicted molar refractivity (Wildman–Crippen MR) is 56.4 cm³/mol. The molecule has 0 aliphatic heterocycles. The van der Waals surface area contributed by atoms with E-state index in [1.165, 1.54) is 12.0 Å². The smallest absolute Gasteiger partial charge is 0.0140 e. The Hall–Kier alpha value is -0.860. The summed E-state index contributed by atoms with van der Waals surface area (Å²) >= 11 is 0. The molecule has 0 unspecified atom stereocenters. The van der Waals surface area contributed by atoms with Gasteiger partial charge in [-0.25, -0.2) is 0 Å². The quantitative estimate of drug-likeness (QED) is 0.512. The lowest BCUT2D eigenvalue weighted by Crippen LogP contribution is -2.33. The highest BCUT2D eigenvalue weighted by Gasteiger charge is 1.89. The van der Waals surface area contributed by atoms with Crippen molar-refractivity contribution in [3.63, 3.8) is 0 Å². The minimum atomic E-state index is 0.990. The van der Waals surface area contributed by atoms with Crippen LogP contribution in [-0.4, -0.2) is 13.1 Å². The van der Waals surface area contributed by atoms with Gasteiger partial charge in [0.25, 0.3) is 0 Å². The van der Waals surface area contributed by atoms with Crippen LogP contribution in [-0.2, 0) is 6.42 Å². The molecule has 1 rings (SSSR count). The van der Waals surface area contributed by atoms with Gasteiger partial charge in [0.1, 0.15) is 0 Å². The van der Waals surface area contributed by atoms with Gasteiger partial charge in [-0.15, -0.1) is 0 Å². The van der Waals surface area contributed by atoms with E-state index in [-0.39, 0.29) is 0 Å². The molecule has 72 valence electrons. The van der Waals surface area contributed by atoms with Gasteiger partial charge in [-0.1, -0.05) is 37.3 Å². The molecule has 2 heteroatoms. The van der Waals surface area contributed by atoms with Crippen LogP contribution in [0.2, 0.25) is 0 Å². The Kier molecular flexibility index (Phi) is 5.22. The summed E-state index contributed by atoms with van der Waals surface area (Å²) in [6, 6.07) is 10.5. The molecule has 2 nitrogen and oxygen atoms in total. The number of benzene rings is 1. The lowest BCUT2D eigenvalue weighted by molar-refractivity contribution is 0.532. The van der Waals surface area contributed by atoms with Crippen molar-refractivity contribution in [2.75, 3.05) is 13.1 Å². The van der Waals surface area contributed by atoms with Crippen LogP contribution in [0.15, 0.2) is 30.3 Å². The van der Waals surface area contributed by atoms with Crippen molar-refractivity contribution >= 4 is 0 Å². The average molecular weight is 178 g/mol. The van der Waals surface area contributed by atoms with Crippen LogP contribution in [0.25, 0.3) is 0 Å². The van der Waals surface area contributed by atoms with Crippen molar-refractivity contribution in [1.82, 2.24) is 10.9 Å². The van der Waals surface area contributed by atoms with Gasteiger partial charge in [0.15, 0.2) is 0 Å². The fraction of sp³-hybridized carbons (Fsp3) is 0.455. The second kappa shape index (κ2) is 6.63. The molecule has 2 N–H and O–H groups in total. The molecule has 1 aromatic carbocycles. The van der Waals surface area contributed by atoms with Crippen LogP contribution in [0, 0.1) is 0 Å². The van der Waals surface area contributed by atoms with Gasteiger partial charge in [-0.2, -0.15) is 0 Å². The highest BCUT2D eigenvalue weighted by Crippen LogP contribution is 1.97. The van der Waals surface area contributed by atoms with Crippen molar-refractivity contribution in [3.8, 4) is 0 Å². The van der Waals surface area contributed by atoms with E-state index in [9.17, 15) is 0 Å². The number of hydrogen-bond acceptors (Lipinski definition) is 2. The molecular weight excluding hydrogens is 160 g/mol. The summed E-state index contributed by atoms with van der Waals surface area (Å²) in [4.78, 5) is 0. The Bertz CT molecular complexity index is 209. The fourth-order valence-corrected chi connectivity index (χ4v) is 1.15. The maximum atomic E-state index is 3.18. The molecule has 0 saturated heterocycles. The van der Waals surface area contributed by atoms with E-state index >= 15 is 0 Å². The van der Waals surface area contributed by atoms with Gasteiger partial charge in [0.05, 0.1) is 0 Å². The monoisotopic (exact) mass is 178 g/mol. The van der Waals surface area contributed by atoms with E-state index in [0.717, 1.165) is 19.5 Å². The SMILES string of the molecule is CCCNNCCc1ccccc1. The Balaban J connectivity index is 2.07. The Labute approximate surface area is 80.3 Å². The van der Waals surface area contributed by atoms with E-state index in [4.69, 9.17) is 0 Å². The molecular formula is C11H18N2. The molecule has 0 aliphatic carbocycles. The standard InChI is InChI=1S/C11H18N2/c1-2-9-12-13-10-8-11-6-4-3-5-7-11/h3-7,12-13H,2,8-10H2,1H3. The highest BCUT2D eigenvalue weighted by atomic mass is 15.3. The van der Waals surface area contributed by atoms with Gasteiger partial charge < -0.3 is 0 Å². The zero-order valence-electron chi connectivity index (χ0n) is 8.22. The molecule has 0 amide bonds. The van der Waals surface area contributed by atoms with Crippen LogP contribution < -0.4 is 10.9 Å². The average Bonchev–Trinajstić information content (AvgIpc) is 2.19. The summed E-state index contributed by atoms with van der Waals surface area (Å²) in [5, 5.41) is 0. The summed E-state index contributed by atoms with van der Waals surface area (Å²) in [5.41, 5.74) is 7.72. The lowest BCUT2D eigenvalue weighted by atomic mass is 10.2. The molecule has 0 heterocycles. The van der Waals surface area contributed by atoms with Crippen LogP contribution in [0.3, 0.4) is 0 Å². The maximum Gasteiger partial charge on any atom is 0.0140 e. The van der Waals surface area contributed by atoms with Crippen LogP contribution in [0.4, 0.5) is 0 Å². The second-order valence-corrected chi connectivity index (χ2v) is 3.09. The fourth-order valence-electron chi connectivity index (χ4n) is 1.15. The first kappa shape index (κ1) is 10.2. The van der Waals surface area contributed by atoms with Crippen LogP contribution in [0.1, 0.15) is 18.9 Å². The summed E-state index contributed by atoms with van der Waals surface area (Å²) in [5.74, 6) is 0. The van der Waals surface area contributed by atoms with Gasteiger partial charge in [0, 0.05) is 13.1 Å². The molecule has 0 atom stereocenters.